The fraction of sp³-hybridized carbons (Fsp3) is 0.833. The van der Waals surface area contributed by atoms with Crippen LogP contribution in [0.2, 0.25) is 0 Å². The first kappa shape index (κ1) is 8.43. The molecule has 1 N–H and O–H groups in total. The summed E-state index contributed by atoms with van der Waals surface area (Å²) in [5.74, 6) is 2.32. The summed E-state index contributed by atoms with van der Waals surface area (Å²) in [5, 5.41) is 3.11. The predicted molar refractivity (Wildman–Crippen MR) is 51.1 cm³/mol. The first-order chi connectivity index (χ1) is 4.93. The molecule has 0 saturated heterocycles. The summed E-state index contributed by atoms with van der Waals surface area (Å²) < 4.78 is 1.27. The van der Waals surface area contributed by atoms with E-state index in [0.717, 1.165) is 18.8 Å². The molecule has 1 aliphatic rings. The number of rotatable bonds is 3. The van der Waals surface area contributed by atoms with Gasteiger partial charge in [0.05, 0.1) is 6.54 Å². The highest BCUT2D eigenvalue weighted by Gasteiger charge is 2.05. The smallest absolute Gasteiger partial charge is 0.124 e. The van der Waals surface area contributed by atoms with Gasteiger partial charge in [-0.3, -0.25) is 4.99 Å². The van der Waals surface area contributed by atoms with Crippen molar-refractivity contribution in [3.05, 3.63) is 0 Å². The molecule has 0 aromatic carbocycles. The first-order valence-corrected chi connectivity index (χ1v) is 5.35. The molecule has 0 bridgehead atoms. The second-order valence-electron chi connectivity index (χ2n) is 1.95. The zero-order valence-electron chi connectivity index (χ0n) is 6.09. The van der Waals surface area contributed by atoms with Crippen LogP contribution in [0.5, 0.6) is 0 Å². The van der Waals surface area contributed by atoms with Gasteiger partial charge in [-0.15, -0.1) is 0 Å². The van der Waals surface area contributed by atoms with Crippen molar-refractivity contribution in [2.24, 2.45) is 4.99 Å². The van der Waals surface area contributed by atoms with Gasteiger partial charge in [-0.1, -0.05) is 23.5 Å². The van der Waals surface area contributed by atoms with Crippen LogP contribution in [0.3, 0.4) is 0 Å². The fourth-order valence-electron chi connectivity index (χ4n) is 0.643. The van der Waals surface area contributed by atoms with Gasteiger partial charge >= 0.3 is 0 Å². The molecule has 1 aliphatic heterocycles. The lowest BCUT2D eigenvalue weighted by Crippen LogP contribution is -2.10. The summed E-state index contributed by atoms with van der Waals surface area (Å²) >= 11 is 3.74. The zero-order chi connectivity index (χ0) is 7.23. The molecule has 0 radical (unpaired) electrons. The maximum absolute atomic E-state index is 4.32. The van der Waals surface area contributed by atoms with Gasteiger partial charge in [0.1, 0.15) is 4.38 Å². The number of thioether (sulfide) groups is 2. The number of hydrogen-bond acceptors (Lipinski definition) is 4. The first-order valence-electron chi connectivity index (χ1n) is 3.38. The predicted octanol–water partition coefficient (Wildman–Crippen LogP) is 1.04. The largest absolute Gasteiger partial charge is 0.319 e. The van der Waals surface area contributed by atoms with Crippen LogP contribution in [0.1, 0.15) is 0 Å². The van der Waals surface area contributed by atoms with Crippen molar-refractivity contribution in [2.45, 2.75) is 0 Å². The van der Waals surface area contributed by atoms with Crippen LogP contribution in [-0.2, 0) is 0 Å². The number of aliphatic imine (C=N–C) groups is 1. The Labute approximate surface area is 70.2 Å². The lowest BCUT2D eigenvalue weighted by Gasteiger charge is -1.97. The SMILES string of the molecule is CNCCSC1=NCCS1. The minimum Gasteiger partial charge on any atom is -0.319 e. The van der Waals surface area contributed by atoms with Crippen LogP contribution in [0.15, 0.2) is 4.99 Å². The molecule has 0 aromatic rings. The van der Waals surface area contributed by atoms with Crippen molar-refractivity contribution in [1.29, 1.82) is 0 Å². The van der Waals surface area contributed by atoms with Gasteiger partial charge < -0.3 is 5.32 Å². The van der Waals surface area contributed by atoms with Crippen LogP contribution in [0.25, 0.3) is 0 Å². The monoisotopic (exact) mass is 176 g/mol. The van der Waals surface area contributed by atoms with Crippen molar-refractivity contribution in [3.8, 4) is 0 Å². The topological polar surface area (TPSA) is 24.4 Å². The molecule has 0 amide bonds. The van der Waals surface area contributed by atoms with E-state index in [1.165, 1.54) is 10.1 Å². The Hall–Kier alpha value is 0.330. The molecule has 0 unspecified atom stereocenters. The van der Waals surface area contributed by atoms with Gasteiger partial charge in [-0.25, -0.2) is 0 Å². The number of nitrogens with one attached hydrogen (secondary N) is 1. The molecule has 1 heterocycles. The maximum Gasteiger partial charge on any atom is 0.124 e. The molecule has 0 fully saturated rings. The molecule has 2 nitrogen and oxygen atoms in total. The van der Waals surface area contributed by atoms with Crippen LogP contribution in [0.4, 0.5) is 0 Å². The fourth-order valence-corrected chi connectivity index (χ4v) is 2.68. The highest BCUT2D eigenvalue weighted by Crippen LogP contribution is 2.21. The summed E-state index contributed by atoms with van der Waals surface area (Å²) in [6.45, 7) is 2.09. The molecule has 10 heavy (non-hydrogen) atoms. The third-order valence-corrected chi connectivity index (χ3v) is 3.39. The van der Waals surface area contributed by atoms with Crippen LogP contribution in [0, 0.1) is 0 Å². The molecule has 4 heteroatoms. The summed E-state index contributed by atoms with van der Waals surface area (Å²) in [7, 11) is 1.98. The van der Waals surface area contributed by atoms with Gasteiger partial charge in [-0.05, 0) is 7.05 Å². The van der Waals surface area contributed by atoms with Gasteiger partial charge in [0, 0.05) is 18.1 Å². The van der Waals surface area contributed by atoms with E-state index in [9.17, 15) is 0 Å². The van der Waals surface area contributed by atoms with E-state index in [4.69, 9.17) is 0 Å². The summed E-state index contributed by atoms with van der Waals surface area (Å²) in [4.78, 5) is 4.32. The van der Waals surface area contributed by atoms with Gasteiger partial charge in [0.25, 0.3) is 0 Å². The van der Waals surface area contributed by atoms with E-state index in [0.29, 0.717) is 0 Å². The standard InChI is InChI=1S/C6H12N2S2/c1-7-2-4-9-6-8-3-5-10-6/h7H,2-5H2,1H3. The average molecular weight is 176 g/mol. The summed E-state index contributed by atoms with van der Waals surface area (Å²) in [5.41, 5.74) is 0. The van der Waals surface area contributed by atoms with E-state index < -0.39 is 0 Å². The molecule has 0 spiro atoms. The van der Waals surface area contributed by atoms with Crippen LogP contribution in [-0.4, -0.2) is 36.0 Å². The normalized spacial score (nSPS) is 17.5. The lowest BCUT2D eigenvalue weighted by atomic mass is 10.8. The van der Waals surface area contributed by atoms with Gasteiger partial charge in [0.2, 0.25) is 0 Å². The number of hydrogen-bond donors (Lipinski definition) is 1. The summed E-state index contributed by atoms with van der Waals surface area (Å²) in [6, 6.07) is 0. The van der Waals surface area contributed by atoms with Crippen molar-refractivity contribution in [3.63, 3.8) is 0 Å². The Morgan fingerprint density at radius 1 is 1.80 bits per heavy atom. The average Bonchev–Trinajstić information content (AvgIpc) is 2.41. The Morgan fingerprint density at radius 2 is 2.70 bits per heavy atom. The van der Waals surface area contributed by atoms with E-state index in [1.807, 2.05) is 30.6 Å². The highest BCUT2D eigenvalue weighted by atomic mass is 32.2. The van der Waals surface area contributed by atoms with Crippen LogP contribution >= 0.6 is 23.5 Å². The zero-order valence-corrected chi connectivity index (χ0v) is 7.73. The Bertz CT molecular complexity index is 125. The Morgan fingerprint density at radius 3 is 3.30 bits per heavy atom. The minimum atomic E-state index is 1.02. The van der Waals surface area contributed by atoms with E-state index in [2.05, 4.69) is 10.3 Å². The lowest BCUT2D eigenvalue weighted by molar-refractivity contribution is 0.873. The van der Waals surface area contributed by atoms with E-state index in [-0.39, 0.29) is 0 Å². The molecule has 0 aliphatic carbocycles. The van der Waals surface area contributed by atoms with Crippen molar-refractivity contribution in [2.75, 3.05) is 31.6 Å². The van der Waals surface area contributed by atoms with Crippen molar-refractivity contribution >= 4 is 27.9 Å². The third kappa shape index (κ3) is 2.94. The maximum atomic E-state index is 4.32. The van der Waals surface area contributed by atoms with Crippen molar-refractivity contribution in [1.82, 2.24) is 5.32 Å². The molecule has 58 valence electrons. The van der Waals surface area contributed by atoms with Gasteiger partial charge in [0.15, 0.2) is 0 Å². The molecular weight excluding hydrogens is 164 g/mol. The molecule has 1 rings (SSSR count). The summed E-state index contributed by atoms with van der Waals surface area (Å²) in [6.07, 6.45) is 0. The van der Waals surface area contributed by atoms with E-state index in [1.54, 1.807) is 0 Å². The highest BCUT2D eigenvalue weighted by molar-refractivity contribution is 8.39. The second-order valence-corrected chi connectivity index (χ2v) is 4.37. The van der Waals surface area contributed by atoms with E-state index >= 15 is 0 Å². The van der Waals surface area contributed by atoms with Crippen LogP contribution < -0.4 is 5.32 Å². The molecule has 0 saturated carbocycles. The molecule has 0 aromatic heterocycles. The Kier molecular flexibility index (Phi) is 4.25. The number of nitrogens with zero attached hydrogens (tertiary/aromatic N) is 1. The van der Waals surface area contributed by atoms with Crippen molar-refractivity contribution < 1.29 is 0 Å². The van der Waals surface area contributed by atoms with Gasteiger partial charge in [-0.2, -0.15) is 0 Å². The minimum absolute atomic E-state index is 1.02. The quantitative estimate of drug-likeness (QED) is 0.650. The Balaban J connectivity index is 2.01. The molecular formula is C6H12N2S2. The third-order valence-electron chi connectivity index (χ3n) is 1.14. The second kappa shape index (κ2) is 5.04. The molecule has 0 atom stereocenters.